The third-order valence-electron chi connectivity index (χ3n) is 1.59. The van der Waals surface area contributed by atoms with Gasteiger partial charge in [0.2, 0.25) is 5.91 Å². The zero-order valence-corrected chi connectivity index (χ0v) is 7.27. The molecule has 0 fully saturated rings. The predicted octanol–water partition coefficient (Wildman–Crippen LogP) is 1.54. The monoisotopic (exact) mass is 143 g/mol. The number of carbonyl (C=O) groups is 1. The molecule has 0 saturated carbocycles. The maximum absolute atomic E-state index is 10.8. The van der Waals surface area contributed by atoms with Gasteiger partial charge in [-0.3, -0.25) is 4.79 Å². The molecule has 0 heterocycles. The Kier molecular flexibility index (Phi) is 2.88. The van der Waals surface area contributed by atoms with Crippen molar-refractivity contribution in [1.82, 2.24) is 0 Å². The smallest absolute Gasteiger partial charge is 0.223 e. The van der Waals surface area contributed by atoms with Crippen molar-refractivity contribution in [2.75, 3.05) is 0 Å². The summed E-state index contributed by atoms with van der Waals surface area (Å²) >= 11 is 0. The van der Waals surface area contributed by atoms with Gasteiger partial charge in [-0.2, -0.15) is 0 Å². The fraction of sp³-hybridized carbons (Fsp3) is 0.875. The van der Waals surface area contributed by atoms with Crippen molar-refractivity contribution in [2.24, 2.45) is 17.1 Å². The summed E-state index contributed by atoms with van der Waals surface area (Å²) in [5.41, 5.74) is 4.84. The highest BCUT2D eigenvalue weighted by Crippen LogP contribution is 2.23. The normalized spacial score (nSPS) is 12.1. The number of hydrogen-bond donors (Lipinski definition) is 1. The molecule has 0 saturated heterocycles. The number of nitrogens with two attached hydrogens (primary N) is 1. The lowest BCUT2D eigenvalue weighted by Crippen LogP contribution is -2.32. The van der Waals surface area contributed by atoms with Gasteiger partial charge in [-0.25, -0.2) is 0 Å². The zero-order chi connectivity index (χ0) is 8.36. The van der Waals surface area contributed by atoms with Gasteiger partial charge in [-0.15, -0.1) is 0 Å². The molecular weight excluding hydrogens is 126 g/mol. The van der Waals surface area contributed by atoms with Gasteiger partial charge < -0.3 is 5.73 Å². The van der Waals surface area contributed by atoms with Crippen LogP contribution in [0.15, 0.2) is 0 Å². The maximum atomic E-state index is 10.8. The van der Waals surface area contributed by atoms with Gasteiger partial charge in [0.05, 0.1) is 0 Å². The molecule has 1 amide bonds. The molecule has 0 aliphatic carbocycles. The van der Waals surface area contributed by atoms with Crippen LogP contribution in [-0.2, 0) is 4.79 Å². The Bertz CT molecular complexity index is 127. The SMILES string of the molecule is CC(C)CC(C)(C)C(N)=O. The molecule has 0 aromatic rings. The average molecular weight is 143 g/mol. The molecule has 0 rings (SSSR count). The van der Waals surface area contributed by atoms with Crippen LogP contribution in [0.1, 0.15) is 34.1 Å². The number of amides is 1. The first kappa shape index (κ1) is 9.47. The largest absolute Gasteiger partial charge is 0.369 e. The summed E-state index contributed by atoms with van der Waals surface area (Å²) in [5.74, 6) is 0.323. The highest BCUT2D eigenvalue weighted by atomic mass is 16.1. The Morgan fingerprint density at radius 3 is 2.00 bits per heavy atom. The van der Waals surface area contributed by atoms with E-state index in [1.165, 1.54) is 0 Å². The van der Waals surface area contributed by atoms with Crippen molar-refractivity contribution in [3.05, 3.63) is 0 Å². The Morgan fingerprint density at radius 2 is 1.90 bits per heavy atom. The quantitative estimate of drug-likeness (QED) is 0.640. The van der Waals surface area contributed by atoms with Crippen molar-refractivity contribution in [2.45, 2.75) is 34.1 Å². The Morgan fingerprint density at radius 1 is 1.50 bits per heavy atom. The molecule has 0 radical (unpaired) electrons. The van der Waals surface area contributed by atoms with E-state index in [4.69, 9.17) is 5.73 Å². The Hall–Kier alpha value is -0.530. The molecule has 0 aliphatic heterocycles. The van der Waals surface area contributed by atoms with Crippen LogP contribution in [0.5, 0.6) is 0 Å². The molecule has 60 valence electrons. The molecule has 0 aliphatic rings. The number of hydrogen-bond acceptors (Lipinski definition) is 1. The molecule has 0 aromatic heterocycles. The second-order valence-electron chi connectivity index (χ2n) is 3.85. The predicted molar refractivity (Wildman–Crippen MR) is 42.4 cm³/mol. The number of carbonyl (C=O) groups excluding carboxylic acids is 1. The lowest BCUT2D eigenvalue weighted by atomic mass is 9.83. The summed E-state index contributed by atoms with van der Waals surface area (Å²) < 4.78 is 0. The minimum Gasteiger partial charge on any atom is -0.369 e. The number of rotatable bonds is 3. The van der Waals surface area contributed by atoms with E-state index < -0.39 is 0 Å². The molecule has 2 heteroatoms. The summed E-state index contributed by atoms with van der Waals surface area (Å²) in [5, 5.41) is 0. The third kappa shape index (κ3) is 2.85. The molecule has 2 nitrogen and oxygen atoms in total. The first-order valence-corrected chi connectivity index (χ1v) is 3.66. The van der Waals surface area contributed by atoms with Gasteiger partial charge in [-0.05, 0) is 12.3 Å². The van der Waals surface area contributed by atoms with Gasteiger partial charge in [0.1, 0.15) is 0 Å². The summed E-state index contributed by atoms with van der Waals surface area (Å²) in [6.45, 7) is 7.94. The van der Waals surface area contributed by atoms with Gasteiger partial charge in [-0.1, -0.05) is 27.7 Å². The fourth-order valence-corrected chi connectivity index (χ4v) is 1.12. The van der Waals surface area contributed by atoms with Crippen molar-refractivity contribution in [3.8, 4) is 0 Å². The highest BCUT2D eigenvalue weighted by molar-refractivity contribution is 5.79. The molecule has 0 aromatic carbocycles. The van der Waals surface area contributed by atoms with Crippen LogP contribution in [0, 0.1) is 11.3 Å². The summed E-state index contributed by atoms with van der Waals surface area (Å²) in [6, 6.07) is 0. The van der Waals surface area contributed by atoms with Crippen LogP contribution in [0.25, 0.3) is 0 Å². The van der Waals surface area contributed by atoms with Crippen molar-refractivity contribution < 1.29 is 4.79 Å². The number of primary amides is 1. The van der Waals surface area contributed by atoms with Crippen molar-refractivity contribution in [3.63, 3.8) is 0 Å². The molecular formula is C8H17NO. The van der Waals surface area contributed by atoms with Crippen molar-refractivity contribution in [1.29, 1.82) is 0 Å². The molecule has 10 heavy (non-hydrogen) atoms. The maximum Gasteiger partial charge on any atom is 0.223 e. The topological polar surface area (TPSA) is 43.1 Å². The van der Waals surface area contributed by atoms with E-state index >= 15 is 0 Å². The van der Waals surface area contributed by atoms with E-state index in [1.807, 2.05) is 13.8 Å². The molecule has 0 unspecified atom stereocenters. The van der Waals surface area contributed by atoms with Crippen LogP contribution < -0.4 is 5.73 Å². The molecule has 0 bridgehead atoms. The Labute approximate surface area is 62.8 Å². The zero-order valence-electron chi connectivity index (χ0n) is 7.27. The molecule has 0 atom stereocenters. The van der Waals surface area contributed by atoms with Gasteiger partial charge in [0.15, 0.2) is 0 Å². The van der Waals surface area contributed by atoms with E-state index in [1.54, 1.807) is 0 Å². The molecule has 0 spiro atoms. The lowest BCUT2D eigenvalue weighted by Gasteiger charge is -2.22. The van der Waals surface area contributed by atoms with Crippen LogP contribution in [0.4, 0.5) is 0 Å². The average Bonchev–Trinajstić information content (AvgIpc) is 1.60. The highest BCUT2D eigenvalue weighted by Gasteiger charge is 2.25. The summed E-state index contributed by atoms with van der Waals surface area (Å²) in [6.07, 6.45) is 0.863. The van der Waals surface area contributed by atoms with E-state index in [9.17, 15) is 4.79 Å². The van der Waals surface area contributed by atoms with E-state index in [-0.39, 0.29) is 11.3 Å². The minimum absolute atomic E-state index is 0.207. The van der Waals surface area contributed by atoms with Gasteiger partial charge in [0.25, 0.3) is 0 Å². The first-order chi connectivity index (χ1) is 4.36. The first-order valence-electron chi connectivity index (χ1n) is 3.66. The summed E-state index contributed by atoms with van der Waals surface area (Å²) in [4.78, 5) is 10.8. The summed E-state index contributed by atoms with van der Waals surface area (Å²) in [7, 11) is 0. The second-order valence-corrected chi connectivity index (χ2v) is 3.85. The fourth-order valence-electron chi connectivity index (χ4n) is 1.12. The van der Waals surface area contributed by atoms with Crippen LogP contribution in [0.3, 0.4) is 0 Å². The van der Waals surface area contributed by atoms with Gasteiger partial charge in [0, 0.05) is 5.41 Å². The second kappa shape index (κ2) is 3.04. The third-order valence-corrected chi connectivity index (χ3v) is 1.59. The Balaban J connectivity index is 4.00. The van der Waals surface area contributed by atoms with Gasteiger partial charge >= 0.3 is 0 Å². The van der Waals surface area contributed by atoms with E-state index in [0.29, 0.717) is 5.92 Å². The lowest BCUT2D eigenvalue weighted by molar-refractivity contribution is -0.126. The standard InChI is InChI=1S/C8H17NO/c1-6(2)5-8(3,4)7(9)10/h6H,5H2,1-4H3,(H2,9,10). The molecule has 2 N–H and O–H groups in total. The van der Waals surface area contributed by atoms with Crippen LogP contribution in [-0.4, -0.2) is 5.91 Å². The van der Waals surface area contributed by atoms with Crippen molar-refractivity contribution >= 4 is 5.91 Å². The van der Waals surface area contributed by atoms with Crippen LogP contribution >= 0.6 is 0 Å². The minimum atomic E-state index is -0.339. The van der Waals surface area contributed by atoms with E-state index in [0.717, 1.165) is 6.42 Å². The van der Waals surface area contributed by atoms with E-state index in [2.05, 4.69) is 13.8 Å². The van der Waals surface area contributed by atoms with Crippen LogP contribution in [0.2, 0.25) is 0 Å².